The first-order valence-electron chi connectivity index (χ1n) is 13.0. The van der Waals surface area contributed by atoms with Gasteiger partial charge in [0.1, 0.15) is 0 Å². The lowest BCUT2D eigenvalue weighted by atomic mass is 10.0. The van der Waals surface area contributed by atoms with Crippen molar-refractivity contribution < 1.29 is 19.1 Å². The fourth-order valence-electron chi connectivity index (χ4n) is 4.53. The van der Waals surface area contributed by atoms with Crippen LogP contribution in [-0.2, 0) is 4.74 Å². The van der Waals surface area contributed by atoms with Crippen LogP contribution in [0.2, 0.25) is 0 Å². The van der Waals surface area contributed by atoms with Crippen LogP contribution in [0.15, 0.2) is 88.6 Å². The number of anilines is 1. The lowest BCUT2D eigenvalue weighted by molar-refractivity contribution is 0.0150. The standard InChI is InChI=1S/C28H31N3O5.C2H6/c1-4-21(18-20(3)22-10-7-6-8-11-22)19-29-14-16-30(17-15-29)23-12-9-13-24-26(23)36-27(32)31(24)25(5-2)35-28(33)34;1-2/h4,6-13,18,25H,1,3,5,14-17,19H2,2H3,(H,33,34);1-2H3/b21-18+;. The molecule has 1 N–H and O–H groups in total. The lowest BCUT2D eigenvalue weighted by Crippen LogP contribution is -2.46. The number of piperazine rings is 1. The van der Waals surface area contributed by atoms with Gasteiger partial charge < -0.3 is 19.2 Å². The van der Waals surface area contributed by atoms with E-state index in [0.717, 1.165) is 55.1 Å². The number of rotatable bonds is 9. The molecule has 0 radical (unpaired) electrons. The van der Waals surface area contributed by atoms with Crippen LogP contribution in [0, 0.1) is 0 Å². The number of aromatic nitrogens is 1. The molecule has 8 heteroatoms. The number of oxazole rings is 1. The molecule has 4 rings (SSSR count). The van der Waals surface area contributed by atoms with Gasteiger partial charge in [0.15, 0.2) is 11.8 Å². The summed E-state index contributed by atoms with van der Waals surface area (Å²) < 4.78 is 11.8. The summed E-state index contributed by atoms with van der Waals surface area (Å²) in [7, 11) is 0. The van der Waals surface area contributed by atoms with Gasteiger partial charge in [0.25, 0.3) is 0 Å². The summed E-state index contributed by atoms with van der Waals surface area (Å²) in [5.74, 6) is -0.636. The summed E-state index contributed by atoms with van der Waals surface area (Å²) in [6, 6.07) is 15.6. The van der Waals surface area contributed by atoms with Crippen LogP contribution < -0.4 is 10.7 Å². The third-order valence-corrected chi connectivity index (χ3v) is 6.38. The van der Waals surface area contributed by atoms with Gasteiger partial charge >= 0.3 is 11.9 Å². The zero-order chi connectivity index (χ0) is 27.7. The smallest absolute Gasteiger partial charge is 0.450 e. The minimum absolute atomic E-state index is 0.305. The van der Waals surface area contributed by atoms with Gasteiger partial charge in [0, 0.05) is 39.1 Å². The predicted octanol–water partition coefficient (Wildman–Crippen LogP) is 6.17. The Labute approximate surface area is 223 Å². The van der Waals surface area contributed by atoms with Crippen molar-refractivity contribution in [3.63, 3.8) is 0 Å². The number of carboxylic acid groups (broad SMARTS) is 1. The van der Waals surface area contributed by atoms with E-state index in [2.05, 4.69) is 29.0 Å². The molecule has 1 saturated heterocycles. The van der Waals surface area contributed by atoms with Gasteiger partial charge in [-0.3, -0.25) is 4.90 Å². The van der Waals surface area contributed by atoms with Crippen molar-refractivity contribution in [1.82, 2.24) is 9.47 Å². The SMILES string of the molecule is C=C/C(=C\C(=C)c1ccccc1)CN1CCN(c2cccc3c2oc(=O)n3C(CC)OC(=O)O)CC1.CC. The molecule has 1 aliphatic rings. The number of ether oxygens (including phenoxy) is 1. The number of para-hydroxylation sites is 1. The Balaban J connectivity index is 0.00000195. The van der Waals surface area contributed by atoms with Crippen LogP contribution in [0.4, 0.5) is 10.5 Å². The highest BCUT2D eigenvalue weighted by molar-refractivity contribution is 5.87. The van der Waals surface area contributed by atoms with Gasteiger partial charge in [-0.25, -0.2) is 14.2 Å². The van der Waals surface area contributed by atoms with Gasteiger partial charge in [-0.2, -0.15) is 0 Å². The van der Waals surface area contributed by atoms with Crippen LogP contribution in [0.1, 0.15) is 39.0 Å². The molecule has 1 unspecified atom stereocenters. The molecule has 38 heavy (non-hydrogen) atoms. The van der Waals surface area contributed by atoms with Crippen molar-refractivity contribution in [3.05, 3.63) is 95.5 Å². The number of benzene rings is 2. The number of hydrogen-bond acceptors (Lipinski definition) is 6. The maximum atomic E-state index is 12.6. The highest BCUT2D eigenvalue weighted by Gasteiger charge is 2.25. The second kappa shape index (κ2) is 13.5. The predicted molar refractivity (Wildman–Crippen MR) is 153 cm³/mol. The summed E-state index contributed by atoms with van der Waals surface area (Å²) in [6.07, 6.45) is 1.88. The van der Waals surface area contributed by atoms with Crippen LogP contribution in [-0.4, -0.2) is 53.5 Å². The maximum absolute atomic E-state index is 12.6. The average molecular weight is 520 g/mol. The summed E-state index contributed by atoms with van der Waals surface area (Å²) in [4.78, 5) is 28.3. The van der Waals surface area contributed by atoms with Crippen LogP contribution in [0.5, 0.6) is 0 Å². The number of allylic oxidation sites excluding steroid dienone is 2. The molecular formula is C30H37N3O5. The summed E-state index contributed by atoms with van der Waals surface area (Å²) in [5, 5.41) is 9.05. The monoisotopic (exact) mass is 519 g/mol. The summed E-state index contributed by atoms with van der Waals surface area (Å²) >= 11 is 0. The largest absolute Gasteiger partial charge is 0.507 e. The quantitative estimate of drug-likeness (QED) is 0.267. The third kappa shape index (κ3) is 6.63. The van der Waals surface area contributed by atoms with E-state index in [-0.39, 0.29) is 0 Å². The molecule has 0 aliphatic carbocycles. The normalized spacial score (nSPS) is 14.9. The second-order valence-corrected chi connectivity index (χ2v) is 8.69. The van der Waals surface area contributed by atoms with Crippen molar-refractivity contribution >= 4 is 28.5 Å². The molecule has 0 saturated carbocycles. The van der Waals surface area contributed by atoms with Gasteiger partial charge in [-0.15, -0.1) is 0 Å². The molecule has 0 spiro atoms. The first-order chi connectivity index (χ1) is 18.4. The molecule has 1 atom stereocenters. The summed E-state index contributed by atoms with van der Waals surface area (Å²) in [6.45, 7) is 17.9. The first kappa shape index (κ1) is 28.5. The minimum atomic E-state index is -1.43. The van der Waals surface area contributed by atoms with Crippen LogP contribution >= 0.6 is 0 Å². The van der Waals surface area contributed by atoms with E-state index < -0.39 is 18.1 Å². The van der Waals surface area contributed by atoms with E-state index >= 15 is 0 Å². The van der Waals surface area contributed by atoms with Gasteiger partial charge in [-0.1, -0.05) is 82.5 Å². The van der Waals surface area contributed by atoms with Gasteiger partial charge in [-0.05, 0) is 28.8 Å². The van der Waals surface area contributed by atoms with Gasteiger partial charge in [0.2, 0.25) is 0 Å². The van der Waals surface area contributed by atoms with Crippen molar-refractivity contribution in [2.75, 3.05) is 37.6 Å². The van der Waals surface area contributed by atoms with E-state index in [0.29, 0.717) is 17.5 Å². The van der Waals surface area contributed by atoms with E-state index in [1.54, 1.807) is 13.0 Å². The number of hydrogen-bond donors (Lipinski definition) is 1. The van der Waals surface area contributed by atoms with Crippen molar-refractivity contribution in [1.29, 1.82) is 0 Å². The molecule has 1 fully saturated rings. The molecular weight excluding hydrogens is 482 g/mol. The Kier molecular flexibility index (Phi) is 10.1. The Morgan fingerprint density at radius 2 is 1.79 bits per heavy atom. The highest BCUT2D eigenvalue weighted by atomic mass is 16.7. The van der Waals surface area contributed by atoms with E-state index in [1.165, 1.54) is 4.57 Å². The van der Waals surface area contributed by atoms with Gasteiger partial charge in [0.05, 0.1) is 11.2 Å². The van der Waals surface area contributed by atoms with E-state index in [9.17, 15) is 9.59 Å². The number of nitrogens with zero attached hydrogens (tertiary/aromatic N) is 3. The highest BCUT2D eigenvalue weighted by Crippen LogP contribution is 2.30. The van der Waals surface area contributed by atoms with Crippen LogP contribution in [0.25, 0.3) is 16.7 Å². The third-order valence-electron chi connectivity index (χ3n) is 6.38. The van der Waals surface area contributed by atoms with Crippen molar-refractivity contribution in [2.24, 2.45) is 0 Å². The Hall–Kier alpha value is -4.04. The molecule has 2 aromatic carbocycles. The fraction of sp³-hybridized carbons (Fsp3) is 0.333. The molecule has 1 aromatic heterocycles. The Morgan fingerprint density at radius 3 is 2.39 bits per heavy atom. The number of carbonyl (C=O) groups is 1. The van der Waals surface area contributed by atoms with Crippen LogP contribution in [0.3, 0.4) is 0 Å². The molecule has 0 amide bonds. The zero-order valence-electron chi connectivity index (χ0n) is 22.4. The Morgan fingerprint density at radius 1 is 1.11 bits per heavy atom. The summed E-state index contributed by atoms with van der Waals surface area (Å²) in [5.41, 5.74) is 4.91. The van der Waals surface area contributed by atoms with Crippen molar-refractivity contribution in [3.8, 4) is 0 Å². The molecule has 2 heterocycles. The lowest BCUT2D eigenvalue weighted by Gasteiger charge is -2.36. The molecule has 1 aliphatic heterocycles. The molecule has 3 aromatic rings. The van der Waals surface area contributed by atoms with E-state index in [1.807, 2.05) is 62.4 Å². The average Bonchev–Trinajstić information content (AvgIpc) is 3.28. The van der Waals surface area contributed by atoms with E-state index in [4.69, 9.17) is 14.3 Å². The molecule has 0 bridgehead atoms. The topological polar surface area (TPSA) is 88.1 Å². The minimum Gasteiger partial charge on any atom is -0.450 e. The Bertz CT molecular complexity index is 1330. The molecule has 202 valence electrons. The molecule has 8 nitrogen and oxygen atoms in total. The fourth-order valence-corrected chi connectivity index (χ4v) is 4.53. The number of fused-ring (bicyclic) bond motifs is 1. The zero-order valence-corrected chi connectivity index (χ0v) is 22.4. The first-order valence-corrected chi connectivity index (χ1v) is 13.0. The maximum Gasteiger partial charge on any atom is 0.507 e. The van der Waals surface area contributed by atoms with Crippen molar-refractivity contribution in [2.45, 2.75) is 33.4 Å². The second-order valence-electron chi connectivity index (χ2n) is 8.69.